The molecule has 1 aromatic carbocycles. The van der Waals surface area contributed by atoms with E-state index in [9.17, 15) is 4.79 Å². The molecule has 8 heteroatoms. The van der Waals surface area contributed by atoms with Gasteiger partial charge in [-0.2, -0.15) is 0 Å². The maximum absolute atomic E-state index is 12.0. The first kappa shape index (κ1) is 17.7. The van der Waals surface area contributed by atoms with Crippen LogP contribution in [0.5, 0.6) is 0 Å². The number of halogens is 2. The Labute approximate surface area is 159 Å². The van der Waals surface area contributed by atoms with Crippen LogP contribution in [0.3, 0.4) is 0 Å². The van der Waals surface area contributed by atoms with Crippen LogP contribution in [0, 0.1) is 6.92 Å². The maximum Gasteiger partial charge on any atom is 0.319 e. The highest BCUT2D eigenvalue weighted by atomic mass is 35.5. The molecule has 0 aliphatic carbocycles. The van der Waals surface area contributed by atoms with Gasteiger partial charge >= 0.3 is 6.03 Å². The van der Waals surface area contributed by atoms with Crippen molar-refractivity contribution in [3.8, 4) is 10.6 Å². The summed E-state index contributed by atoms with van der Waals surface area (Å²) in [6, 6.07) is 8.42. The maximum atomic E-state index is 12.0. The summed E-state index contributed by atoms with van der Waals surface area (Å²) in [6.45, 7) is 2.31. The lowest BCUT2D eigenvalue weighted by Crippen LogP contribution is -2.28. The van der Waals surface area contributed by atoms with Gasteiger partial charge in [0.15, 0.2) is 0 Å². The van der Waals surface area contributed by atoms with Gasteiger partial charge in [0.1, 0.15) is 5.01 Å². The minimum absolute atomic E-state index is 0.325. The standard InChI is InChI=1S/C17H14Cl2N4OS/c1-10-15(25-16(22-10)11-3-2-6-20-8-11)9-21-17(24)23-12-4-5-13(18)14(19)7-12/h2-8H,9H2,1H3,(H2,21,23,24). The number of amides is 2. The summed E-state index contributed by atoms with van der Waals surface area (Å²) in [4.78, 5) is 21.7. The molecule has 2 N–H and O–H groups in total. The Morgan fingerprint density at radius 1 is 1.24 bits per heavy atom. The van der Waals surface area contributed by atoms with Crippen molar-refractivity contribution in [2.45, 2.75) is 13.5 Å². The van der Waals surface area contributed by atoms with Crippen molar-refractivity contribution in [2.75, 3.05) is 5.32 Å². The molecular weight excluding hydrogens is 379 g/mol. The molecule has 3 aromatic rings. The van der Waals surface area contributed by atoms with Crippen LogP contribution in [-0.2, 0) is 6.54 Å². The molecular formula is C17H14Cl2N4OS. The zero-order valence-electron chi connectivity index (χ0n) is 13.2. The average Bonchev–Trinajstić information content (AvgIpc) is 2.98. The van der Waals surface area contributed by atoms with Gasteiger partial charge in [-0.05, 0) is 37.3 Å². The second-order valence-electron chi connectivity index (χ2n) is 5.21. The van der Waals surface area contributed by atoms with E-state index in [2.05, 4.69) is 20.6 Å². The summed E-state index contributed by atoms with van der Waals surface area (Å²) in [5.41, 5.74) is 2.42. The molecule has 0 saturated heterocycles. The Balaban J connectivity index is 1.62. The number of hydrogen-bond acceptors (Lipinski definition) is 4. The Hall–Kier alpha value is -2.15. The Morgan fingerprint density at radius 3 is 2.80 bits per heavy atom. The zero-order chi connectivity index (χ0) is 17.8. The largest absolute Gasteiger partial charge is 0.333 e. The minimum atomic E-state index is -0.325. The number of benzene rings is 1. The van der Waals surface area contributed by atoms with Crippen LogP contribution in [0.2, 0.25) is 10.0 Å². The topological polar surface area (TPSA) is 66.9 Å². The number of aromatic nitrogens is 2. The van der Waals surface area contributed by atoms with Crippen molar-refractivity contribution in [2.24, 2.45) is 0 Å². The van der Waals surface area contributed by atoms with Crippen molar-refractivity contribution in [1.29, 1.82) is 0 Å². The van der Waals surface area contributed by atoms with E-state index in [0.717, 1.165) is 21.1 Å². The SMILES string of the molecule is Cc1nc(-c2cccnc2)sc1CNC(=O)Nc1ccc(Cl)c(Cl)c1. The van der Waals surface area contributed by atoms with E-state index in [1.807, 2.05) is 19.1 Å². The molecule has 0 fully saturated rings. The monoisotopic (exact) mass is 392 g/mol. The first-order valence-electron chi connectivity index (χ1n) is 7.39. The smallest absolute Gasteiger partial charge is 0.319 e. The first-order valence-corrected chi connectivity index (χ1v) is 8.97. The molecule has 128 valence electrons. The lowest BCUT2D eigenvalue weighted by atomic mass is 10.3. The average molecular weight is 393 g/mol. The molecule has 0 atom stereocenters. The molecule has 5 nitrogen and oxygen atoms in total. The number of carbonyl (C=O) groups is 1. The van der Waals surface area contributed by atoms with Gasteiger partial charge in [0.2, 0.25) is 0 Å². The summed E-state index contributed by atoms with van der Waals surface area (Å²) in [6.07, 6.45) is 3.49. The third-order valence-corrected chi connectivity index (χ3v) is 5.33. The summed E-state index contributed by atoms with van der Waals surface area (Å²) < 4.78 is 0. The van der Waals surface area contributed by atoms with Crippen LogP contribution >= 0.6 is 34.5 Å². The second kappa shape index (κ2) is 7.82. The lowest BCUT2D eigenvalue weighted by molar-refractivity contribution is 0.252. The van der Waals surface area contributed by atoms with Crippen molar-refractivity contribution in [3.63, 3.8) is 0 Å². The molecule has 0 bridgehead atoms. The number of nitrogens with zero attached hydrogens (tertiary/aromatic N) is 2. The number of urea groups is 1. The summed E-state index contributed by atoms with van der Waals surface area (Å²) in [5.74, 6) is 0. The molecule has 0 saturated carbocycles. The third kappa shape index (κ3) is 4.48. The molecule has 0 spiro atoms. The summed E-state index contributed by atoms with van der Waals surface area (Å²) in [7, 11) is 0. The van der Waals surface area contributed by atoms with Crippen LogP contribution in [0.15, 0.2) is 42.7 Å². The van der Waals surface area contributed by atoms with E-state index in [1.165, 1.54) is 11.3 Å². The predicted octanol–water partition coefficient (Wildman–Crippen LogP) is 5.14. The van der Waals surface area contributed by atoms with Crippen LogP contribution < -0.4 is 10.6 Å². The van der Waals surface area contributed by atoms with E-state index in [1.54, 1.807) is 30.6 Å². The molecule has 0 aliphatic heterocycles. The Kier molecular flexibility index (Phi) is 5.53. The van der Waals surface area contributed by atoms with Crippen LogP contribution in [0.1, 0.15) is 10.6 Å². The van der Waals surface area contributed by atoms with E-state index in [4.69, 9.17) is 23.2 Å². The summed E-state index contributed by atoms with van der Waals surface area (Å²) >= 11 is 13.3. The van der Waals surface area contributed by atoms with Crippen LogP contribution in [0.4, 0.5) is 10.5 Å². The lowest BCUT2D eigenvalue weighted by Gasteiger charge is -2.07. The predicted molar refractivity (Wildman–Crippen MR) is 102 cm³/mol. The van der Waals surface area contributed by atoms with Gasteiger partial charge in [0.05, 0.1) is 22.3 Å². The zero-order valence-corrected chi connectivity index (χ0v) is 15.5. The van der Waals surface area contributed by atoms with Crippen molar-refractivity contribution in [1.82, 2.24) is 15.3 Å². The van der Waals surface area contributed by atoms with Crippen LogP contribution in [0.25, 0.3) is 10.6 Å². The minimum Gasteiger partial charge on any atom is -0.333 e. The summed E-state index contributed by atoms with van der Waals surface area (Å²) in [5, 5.41) is 7.25. The number of anilines is 1. The number of rotatable bonds is 4. The van der Waals surface area contributed by atoms with E-state index in [0.29, 0.717) is 22.3 Å². The van der Waals surface area contributed by atoms with Crippen LogP contribution in [-0.4, -0.2) is 16.0 Å². The molecule has 0 aliphatic rings. The van der Waals surface area contributed by atoms with Gasteiger partial charge in [-0.3, -0.25) is 4.98 Å². The molecule has 2 heterocycles. The molecule has 2 aromatic heterocycles. The molecule has 0 unspecified atom stereocenters. The Bertz CT molecular complexity index is 899. The first-order chi connectivity index (χ1) is 12.0. The molecule has 3 rings (SSSR count). The number of thiazole rings is 1. The van der Waals surface area contributed by atoms with Gasteiger partial charge in [0.25, 0.3) is 0 Å². The Morgan fingerprint density at radius 2 is 2.08 bits per heavy atom. The van der Waals surface area contributed by atoms with Crippen molar-refractivity contribution in [3.05, 3.63) is 63.3 Å². The van der Waals surface area contributed by atoms with E-state index >= 15 is 0 Å². The highest BCUT2D eigenvalue weighted by Crippen LogP contribution is 2.27. The molecule has 0 radical (unpaired) electrons. The van der Waals surface area contributed by atoms with Gasteiger partial charge in [-0.1, -0.05) is 23.2 Å². The number of pyridine rings is 1. The highest BCUT2D eigenvalue weighted by Gasteiger charge is 2.11. The molecule has 25 heavy (non-hydrogen) atoms. The van der Waals surface area contributed by atoms with E-state index in [-0.39, 0.29) is 6.03 Å². The number of nitrogens with one attached hydrogen (secondary N) is 2. The van der Waals surface area contributed by atoms with Crippen molar-refractivity contribution >= 4 is 46.3 Å². The highest BCUT2D eigenvalue weighted by molar-refractivity contribution is 7.15. The quantitative estimate of drug-likeness (QED) is 0.645. The molecule has 2 amide bonds. The number of carbonyl (C=O) groups excluding carboxylic acids is 1. The number of hydrogen-bond donors (Lipinski definition) is 2. The fraction of sp³-hybridized carbons (Fsp3) is 0.118. The fourth-order valence-electron chi connectivity index (χ4n) is 2.11. The van der Waals surface area contributed by atoms with Crippen molar-refractivity contribution < 1.29 is 4.79 Å². The fourth-order valence-corrected chi connectivity index (χ4v) is 3.40. The number of aryl methyl sites for hydroxylation is 1. The van der Waals surface area contributed by atoms with E-state index < -0.39 is 0 Å². The second-order valence-corrected chi connectivity index (χ2v) is 7.10. The van der Waals surface area contributed by atoms with Gasteiger partial charge < -0.3 is 10.6 Å². The van der Waals surface area contributed by atoms with Gasteiger partial charge in [0, 0.05) is 28.5 Å². The van der Waals surface area contributed by atoms with Gasteiger partial charge in [-0.25, -0.2) is 9.78 Å². The normalized spacial score (nSPS) is 10.5. The third-order valence-electron chi connectivity index (χ3n) is 3.39. The van der Waals surface area contributed by atoms with Gasteiger partial charge in [-0.15, -0.1) is 11.3 Å².